The van der Waals surface area contributed by atoms with E-state index in [2.05, 4.69) is 5.10 Å². The topological polar surface area (TPSA) is 55.1 Å². The zero-order valence-corrected chi connectivity index (χ0v) is 11.6. The Morgan fingerprint density at radius 3 is 2.74 bits per heavy atom. The van der Waals surface area contributed by atoms with Gasteiger partial charge in [0.2, 0.25) is 11.7 Å². The first-order valence-electron chi connectivity index (χ1n) is 6.10. The van der Waals surface area contributed by atoms with E-state index in [1.807, 2.05) is 6.92 Å². The number of carbonyl (C=O) groups is 1. The molecule has 4 nitrogen and oxygen atoms in total. The van der Waals surface area contributed by atoms with Crippen LogP contribution < -0.4 is 0 Å². The van der Waals surface area contributed by atoms with Gasteiger partial charge in [0.05, 0.1) is 10.7 Å². The molecule has 0 aliphatic carbocycles. The number of ketones is 1. The molecule has 0 saturated heterocycles. The van der Waals surface area contributed by atoms with Gasteiger partial charge in [0.25, 0.3) is 0 Å². The van der Waals surface area contributed by atoms with E-state index in [-0.39, 0.29) is 17.2 Å². The molecule has 0 amide bonds. The quantitative estimate of drug-likeness (QED) is 0.875. The Morgan fingerprint density at radius 2 is 2.11 bits per heavy atom. The third-order valence-electron chi connectivity index (χ3n) is 2.92. The van der Waals surface area contributed by atoms with Crippen molar-refractivity contribution >= 4 is 17.4 Å². The highest BCUT2D eigenvalue weighted by molar-refractivity contribution is 6.35. The maximum absolute atomic E-state index is 12.5. The summed E-state index contributed by atoms with van der Waals surface area (Å²) in [4.78, 5) is 12.5. The number of benzene rings is 1. The van der Waals surface area contributed by atoms with Gasteiger partial charge in [-0.25, -0.2) is 4.68 Å². The molecule has 5 heteroatoms. The Morgan fingerprint density at radius 1 is 1.42 bits per heavy atom. The first-order chi connectivity index (χ1) is 9.06. The summed E-state index contributed by atoms with van der Waals surface area (Å²) in [5.41, 5.74) is 1.23. The number of aryl methyl sites for hydroxylation is 2. The molecule has 2 aromatic rings. The Hall–Kier alpha value is -1.81. The second-order valence-corrected chi connectivity index (χ2v) is 4.74. The molecule has 0 aliphatic rings. The Kier molecular flexibility index (Phi) is 3.90. The van der Waals surface area contributed by atoms with E-state index in [0.717, 1.165) is 6.42 Å². The number of halogens is 1. The van der Waals surface area contributed by atoms with Gasteiger partial charge in [-0.3, -0.25) is 4.79 Å². The number of aromatic nitrogens is 2. The number of hydrogen-bond acceptors (Lipinski definition) is 3. The maximum atomic E-state index is 12.5. The molecule has 19 heavy (non-hydrogen) atoms. The molecule has 1 heterocycles. The molecule has 100 valence electrons. The number of rotatable bonds is 4. The highest BCUT2D eigenvalue weighted by Gasteiger charge is 2.24. The molecular formula is C14H15ClN2O2. The lowest BCUT2D eigenvalue weighted by Crippen LogP contribution is -2.05. The number of hydrogen-bond donors (Lipinski definition) is 1. The first kappa shape index (κ1) is 13.6. The molecule has 0 atom stereocenters. The van der Waals surface area contributed by atoms with E-state index >= 15 is 0 Å². The normalized spacial score (nSPS) is 10.7. The van der Waals surface area contributed by atoms with Crippen LogP contribution in [0.1, 0.15) is 35.0 Å². The summed E-state index contributed by atoms with van der Waals surface area (Å²) >= 11 is 6.03. The van der Waals surface area contributed by atoms with Crippen molar-refractivity contribution in [2.75, 3.05) is 0 Å². The molecule has 0 saturated carbocycles. The minimum Gasteiger partial charge on any atom is -0.493 e. The summed E-state index contributed by atoms with van der Waals surface area (Å²) in [5.74, 6) is -0.409. The van der Waals surface area contributed by atoms with E-state index in [1.165, 1.54) is 4.68 Å². The number of carbonyl (C=O) groups excluding carboxylic acids is 1. The van der Waals surface area contributed by atoms with Crippen LogP contribution in [-0.2, 0) is 13.5 Å². The van der Waals surface area contributed by atoms with Crippen molar-refractivity contribution in [2.45, 2.75) is 19.8 Å². The highest BCUT2D eigenvalue weighted by Crippen LogP contribution is 2.27. The van der Waals surface area contributed by atoms with Gasteiger partial charge in [-0.2, -0.15) is 5.10 Å². The third kappa shape index (κ3) is 2.49. The van der Waals surface area contributed by atoms with Crippen molar-refractivity contribution in [3.63, 3.8) is 0 Å². The van der Waals surface area contributed by atoms with Crippen molar-refractivity contribution in [1.29, 1.82) is 0 Å². The lowest BCUT2D eigenvalue weighted by Gasteiger charge is -2.04. The lowest BCUT2D eigenvalue weighted by molar-refractivity contribution is 0.103. The fourth-order valence-electron chi connectivity index (χ4n) is 1.99. The average molecular weight is 279 g/mol. The maximum Gasteiger partial charge on any atom is 0.220 e. The van der Waals surface area contributed by atoms with Gasteiger partial charge in [-0.05, 0) is 18.6 Å². The molecule has 1 N–H and O–H groups in total. The zero-order valence-electron chi connectivity index (χ0n) is 10.9. The second kappa shape index (κ2) is 5.45. The van der Waals surface area contributed by atoms with Gasteiger partial charge in [0.1, 0.15) is 5.56 Å². The monoisotopic (exact) mass is 278 g/mol. The second-order valence-electron chi connectivity index (χ2n) is 4.33. The summed E-state index contributed by atoms with van der Waals surface area (Å²) in [6.45, 7) is 2.00. The van der Waals surface area contributed by atoms with Crippen LogP contribution in [0, 0.1) is 0 Å². The first-order valence-corrected chi connectivity index (χ1v) is 6.48. The minimum absolute atomic E-state index is 0.117. The highest BCUT2D eigenvalue weighted by atomic mass is 35.5. The molecule has 0 aliphatic heterocycles. The molecule has 1 aromatic heterocycles. The standard InChI is InChI=1S/C14H15ClN2O2/c1-3-6-11-12(14(19)17(2)16-11)13(18)9-7-4-5-8-10(9)15/h4-5,7-8,19H,3,6H2,1-2H3. The molecule has 0 radical (unpaired) electrons. The van der Waals surface area contributed by atoms with Crippen LogP contribution in [0.2, 0.25) is 5.02 Å². The molecule has 0 spiro atoms. The van der Waals surface area contributed by atoms with Crippen LogP contribution in [0.4, 0.5) is 0 Å². The molecule has 0 unspecified atom stereocenters. The van der Waals surface area contributed by atoms with Crippen molar-refractivity contribution in [2.24, 2.45) is 7.05 Å². The van der Waals surface area contributed by atoms with Gasteiger partial charge in [-0.15, -0.1) is 0 Å². The van der Waals surface area contributed by atoms with E-state index in [9.17, 15) is 9.90 Å². The van der Waals surface area contributed by atoms with Gasteiger partial charge in [-0.1, -0.05) is 37.1 Å². The largest absolute Gasteiger partial charge is 0.493 e. The summed E-state index contributed by atoms with van der Waals surface area (Å²) in [6.07, 6.45) is 1.49. The van der Waals surface area contributed by atoms with Crippen molar-refractivity contribution in [1.82, 2.24) is 9.78 Å². The smallest absolute Gasteiger partial charge is 0.220 e. The van der Waals surface area contributed by atoms with E-state index in [0.29, 0.717) is 22.7 Å². The van der Waals surface area contributed by atoms with Crippen LogP contribution in [-0.4, -0.2) is 20.7 Å². The summed E-state index contributed by atoms with van der Waals surface area (Å²) in [5, 5.41) is 14.6. The van der Waals surface area contributed by atoms with Crippen LogP contribution in [0.5, 0.6) is 5.88 Å². The Bertz CT molecular complexity index is 620. The summed E-state index contributed by atoms with van der Waals surface area (Å²) in [7, 11) is 1.61. The van der Waals surface area contributed by atoms with Crippen LogP contribution >= 0.6 is 11.6 Å². The number of nitrogens with zero attached hydrogens (tertiary/aromatic N) is 2. The Balaban J connectivity index is 2.53. The molecular weight excluding hydrogens is 264 g/mol. The SMILES string of the molecule is CCCc1nn(C)c(O)c1C(=O)c1ccccc1Cl. The van der Waals surface area contributed by atoms with Crippen LogP contribution in [0.25, 0.3) is 0 Å². The van der Waals surface area contributed by atoms with Gasteiger partial charge < -0.3 is 5.11 Å². The van der Waals surface area contributed by atoms with Gasteiger partial charge in [0, 0.05) is 12.6 Å². The zero-order chi connectivity index (χ0) is 14.0. The van der Waals surface area contributed by atoms with E-state index < -0.39 is 0 Å². The lowest BCUT2D eigenvalue weighted by atomic mass is 10.0. The molecule has 0 fully saturated rings. The van der Waals surface area contributed by atoms with Gasteiger partial charge >= 0.3 is 0 Å². The van der Waals surface area contributed by atoms with E-state index in [4.69, 9.17) is 11.6 Å². The average Bonchev–Trinajstić information content (AvgIpc) is 2.65. The fourth-order valence-corrected chi connectivity index (χ4v) is 2.22. The predicted octanol–water partition coefficient (Wildman–Crippen LogP) is 2.96. The number of aromatic hydroxyl groups is 1. The predicted molar refractivity (Wildman–Crippen MR) is 73.8 cm³/mol. The van der Waals surface area contributed by atoms with Crippen molar-refractivity contribution in [3.05, 3.63) is 46.1 Å². The molecule has 1 aromatic carbocycles. The molecule has 0 bridgehead atoms. The van der Waals surface area contributed by atoms with E-state index in [1.54, 1.807) is 31.3 Å². The summed E-state index contributed by atoms with van der Waals surface area (Å²) in [6, 6.07) is 6.80. The van der Waals surface area contributed by atoms with Crippen molar-refractivity contribution < 1.29 is 9.90 Å². The molecule has 2 rings (SSSR count). The minimum atomic E-state index is -0.292. The fraction of sp³-hybridized carbons (Fsp3) is 0.286. The van der Waals surface area contributed by atoms with Crippen LogP contribution in [0.15, 0.2) is 24.3 Å². The Labute approximate surface area is 116 Å². The van der Waals surface area contributed by atoms with Crippen LogP contribution in [0.3, 0.4) is 0 Å². The van der Waals surface area contributed by atoms with Gasteiger partial charge in [0.15, 0.2) is 0 Å². The summed E-state index contributed by atoms with van der Waals surface area (Å²) < 4.78 is 1.31. The third-order valence-corrected chi connectivity index (χ3v) is 3.25. The van der Waals surface area contributed by atoms with Crippen molar-refractivity contribution in [3.8, 4) is 5.88 Å².